The summed E-state index contributed by atoms with van der Waals surface area (Å²) < 4.78 is 0. The third-order valence-electron chi connectivity index (χ3n) is 10.6. The van der Waals surface area contributed by atoms with Crippen LogP contribution in [0, 0.1) is 0 Å². The summed E-state index contributed by atoms with van der Waals surface area (Å²) >= 11 is -0.106. The van der Waals surface area contributed by atoms with Crippen LogP contribution in [-0.4, -0.2) is 24.6 Å². The Morgan fingerprint density at radius 2 is 0.333 bits per heavy atom. The first-order chi connectivity index (χ1) is 31.2. The normalized spacial score (nSPS) is 11.0. The van der Waals surface area contributed by atoms with E-state index in [2.05, 4.69) is 243 Å². The molecule has 0 heterocycles. The maximum absolute atomic E-state index is 4.81. The quantitative estimate of drug-likeness (QED) is 0.0456. The number of hydrogen-bond acceptors (Lipinski definition) is 0. The van der Waals surface area contributed by atoms with Gasteiger partial charge in [0.2, 0.25) is 0 Å². The predicted molar refractivity (Wildman–Crippen MR) is 286 cm³/mol. The minimum absolute atomic E-state index is 0.106. The molecule has 0 saturated heterocycles. The molecule has 0 nitrogen and oxygen atoms in total. The standard InChI is InChI=1S/2C28H28P2.2ClH.Pd/c2*1-5-15-25(16-6-1)29(26-17-7-2-8-18-26)23-13-14-24-30(27-19-9-3-10-20-27)28-21-11-4-12-22-28;;;/h2*1-12,15-22H,13-14,23-24H2;2*1H;/q;;;;+2/p-2. The van der Waals surface area contributed by atoms with E-state index in [4.69, 9.17) is 19.1 Å². The van der Waals surface area contributed by atoms with Gasteiger partial charge in [-0.1, -0.05) is 243 Å². The molecule has 0 spiro atoms. The fraction of sp³-hybridized carbons (Fsp3) is 0.143. The molecule has 7 heteroatoms. The summed E-state index contributed by atoms with van der Waals surface area (Å²) in [5.74, 6) is 0. The van der Waals surface area contributed by atoms with Crippen molar-refractivity contribution in [1.29, 1.82) is 0 Å². The monoisotopic (exact) mass is 1030 g/mol. The van der Waals surface area contributed by atoms with Crippen molar-refractivity contribution in [2.45, 2.75) is 25.7 Å². The van der Waals surface area contributed by atoms with Crippen molar-refractivity contribution < 1.29 is 15.9 Å². The van der Waals surface area contributed by atoms with Crippen LogP contribution in [0.25, 0.3) is 0 Å². The van der Waals surface area contributed by atoms with Crippen LogP contribution in [0.5, 0.6) is 0 Å². The molecule has 0 atom stereocenters. The van der Waals surface area contributed by atoms with E-state index in [1.807, 2.05) is 0 Å². The van der Waals surface area contributed by atoms with Crippen molar-refractivity contribution in [3.63, 3.8) is 0 Å². The van der Waals surface area contributed by atoms with Crippen molar-refractivity contribution in [3.05, 3.63) is 243 Å². The molecule has 0 N–H and O–H groups in total. The molecule has 0 aliphatic rings. The first-order valence-corrected chi connectivity index (χ1v) is 31.7. The van der Waals surface area contributed by atoms with E-state index in [0.717, 1.165) is 0 Å². The average molecular weight is 1030 g/mol. The van der Waals surface area contributed by atoms with Gasteiger partial charge in [-0.2, -0.15) is 0 Å². The maximum Gasteiger partial charge on any atom is -0.0195 e. The Kier molecular flexibility index (Phi) is 22.9. The fourth-order valence-electron chi connectivity index (χ4n) is 7.57. The number of halogens is 2. The Labute approximate surface area is 399 Å². The summed E-state index contributed by atoms with van der Waals surface area (Å²) in [7, 11) is 8.50. The molecule has 0 amide bonds. The maximum atomic E-state index is 4.81. The Morgan fingerprint density at radius 3 is 0.444 bits per heavy atom. The Morgan fingerprint density at radius 1 is 0.222 bits per heavy atom. The first-order valence-electron chi connectivity index (χ1n) is 21.6. The van der Waals surface area contributed by atoms with E-state index >= 15 is 0 Å². The Balaban J connectivity index is 0.000000198. The van der Waals surface area contributed by atoms with Gasteiger partial charge < -0.3 is 0 Å². The molecular weight excluding hydrogens is 974 g/mol. The SMILES string of the molecule is [Cl][Pd][Cl].c1ccc(P(CCCCP(c2ccccc2)c2ccccc2)c2ccccc2)cc1.c1ccc(P(CCCCP(c2ccccc2)c2ccccc2)c2ccccc2)cc1. The van der Waals surface area contributed by atoms with Crippen molar-refractivity contribution in [2.75, 3.05) is 24.6 Å². The molecule has 8 aromatic carbocycles. The van der Waals surface area contributed by atoms with Crippen LogP contribution < -0.4 is 42.4 Å². The van der Waals surface area contributed by atoms with Crippen LogP contribution in [0.3, 0.4) is 0 Å². The van der Waals surface area contributed by atoms with Crippen LogP contribution >= 0.6 is 50.7 Å². The zero-order valence-corrected chi connectivity index (χ0v) is 42.3. The van der Waals surface area contributed by atoms with Crippen molar-refractivity contribution in [3.8, 4) is 0 Å². The molecule has 0 fully saturated rings. The Hall–Kier alpha value is -3.28. The molecule has 0 aliphatic carbocycles. The minimum Gasteiger partial charge on any atom is -0.0622 e. The van der Waals surface area contributed by atoms with Gasteiger partial charge in [-0.15, -0.1) is 0 Å². The van der Waals surface area contributed by atoms with E-state index in [9.17, 15) is 0 Å². The van der Waals surface area contributed by atoms with Crippen molar-refractivity contribution in [1.82, 2.24) is 0 Å². The van der Waals surface area contributed by atoms with Gasteiger partial charge in [-0.05, 0) is 124 Å². The molecule has 0 radical (unpaired) electrons. The second-order valence-corrected chi connectivity index (χ2v) is 26.5. The zero-order valence-electron chi connectivity index (χ0n) is 35.6. The molecule has 0 saturated carbocycles. The second-order valence-electron chi connectivity index (χ2n) is 14.8. The summed E-state index contributed by atoms with van der Waals surface area (Å²) in [5, 5.41) is 11.9. The van der Waals surface area contributed by atoms with Crippen molar-refractivity contribution in [2.24, 2.45) is 0 Å². The van der Waals surface area contributed by atoms with E-state index in [0.29, 0.717) is 0 Å². The summed E-state index contributed by atoms with van der Waals surface area (Å²) in [6.07, 6.45) is 10.1. The van der Waals surface area contributed by atoms with Gasteiger partial charge in [-0.25, -0.2) is 0 Å². The largest absolute Gasteiger partial charge is 0.0622 e. The minimum atomic E-state index is -0.283. The molecule has 8 rings (SSSR count). The topological polar surface area (TPSA) is 0 Å². The molecule has 0 aromatic heterocycles. The van der Waals surface area contributed by atoms with E-state index in [1.54, 1.807) is 0 Å². The van der Waals surface area contributed by atoms with Gasteiger partial charge in [0, 0.05) is 0 Å². The van der Waals surface area contributed by atoms with Gasteiger partial charge in [0.05, 0.1) is 0 Å². The molecular formula is C56H56Cl2P4Pd. The summed E-state index contributed by atoms with van der Waals surface area (Å²) in [4.78, 5) is 0. The van der Waals surface area contributed by atoms with Gasteiger partial charge in [0.25, 0.3) is 0 Å². The van der Waals surface area contributed by atoms with E-state index in [1.165, 1.54) is 92.8 Å². The van der Waals surface area contributed by atoms with Crippen LogP contribution in [0.2, 0.25) is 0 Å². The third kappa shape index (κ3) is 16.6. The van der Waals surface area contributed by atoms with Gasteiger partial charge in [0.1, 0.15) is 0 Å². The van der Waals surface area contributed by atoms with Crippen LogP contribution in [-0.2, 0) is 15.9 Å². The second kappa shape index (κ2) is 29.3. The average Bonchev–Trinajstić information content (AvgIpc) is 3.36. The number of hydrogen-bond donors (Lipinski definition) is 0. The summed E-state index contributed by atoms with van der Waals surface area (Å²) in [6, 6.07) is 88.7. The van der Waals surface area contributed by atoms with Gasteiger partial charge in [-0.3, -0.25) is 0 Å². The molecule has 324 valence electrons. The Bertz CT molecular complexity index is 1850. The van der Waals surface area contributed by atoms with Crippen LogP contribution in [0.15, 0.2) is 243 Å². The number of benzene rings is 8. The zero-order chi connectivity index (χ0) is 43.6. The number of unbranched alkanes of at least 4 members (excludes halogenated alkanes) is 2. The van der Waals surface area contributed by atoms with Gasteiger partial charge >= 0.3 is 35.0 Å². The molecule has 0 bridgehead atoms. The number of rotatable bonds is 18. The molecule has 8 aromatic rings. The van der Waals surface area contributed by atoms with Crippen molar-refractivity contribution >= 4 is 93.2 Å². The molecule has 0 unspecified atom stereocenters. The molecule has 63 heavy (non-hydrogen) atoms. The summed E-state index contributed by atoms with van der Waals surface area (Å²) in [6.45, 7) is 0. The third-order valence-corrected chi connectivity index (χ3v) is 21.0. The van der Waals surface area contributed by atoms with Gasteiger partial charge in [0.15, 0.2) is 0 Å². The van der Waals surface area contributed by atoms with E-state index in [-0.39, 0.29) is 47.6 Å². The fourth-order valence-corrected chi connectivity index (χ4v) is 17.2. The predicted octanol–water partition coefficient (Wildman–Crippen LogP) is 13.4. The molecule has 0 aliphatic heterocycles. The van der Waals surface area contributed by atoms with Crippen LogP contribution in [0.1, 0.15) is 25.7 Å². The smallest absolute Gasteiger partial charge is 0.0195 e. The van der Waals surface area contributed by atoms with Crippen LogP contribution in [0.4, 0.5) is 0 Å². The first kappa shape index (κ1) is 49.2. The summed E-state index contributed by atoms with van der Waals surface area (Å²) in [5.41, 5.74) is 0. The van der Waals surface area contributed by atoms with E-state index < -0.39 is 0 Å².